The molecular formula is C14H23NO4. The van der Waals surface area contributed by atoms with Gasteiger partial charge in [-0.1, -0.05) is 25.5 Å². The summed E-state index contributed by atoms with van der Waals surface area (Å²) in [6.07, 6.45) is 1.85. The summed E-state index contributed by atoms with van der Waals surface area (Å²) in [6.45, 7) is 2.98. The number of methoxy groups -OCH3 is 1. The van der Waals surface area contributed by atoms with E-state index in [-0.39, 0.29) is 5.75 Å². The lowest BCUT2D eigenvalue weighted by molar-refractivity contribution is -0.148. The fourth-order valence-corrected chi connectivity index (χ4v) is 1.32. The fraction of sp³-hybridized carbons (Fsp3) is 0.500. The van der Waals surface area contributed by atoms with Crippen LogP contribution in [0.4, 0.5) is 0 Å². The van der Waals surface area contributed by atoms with Crippen LogP contribution in [0.25, 0.3) is 0 Å². The fourth-order valence-electron chi connectivity index (χ4n) is 1.32. The number of unbranched alkanes of at least 4 members (excludes halogenated alkanes) is 1. The van der Waals surface area contributed by atoms with Gasteiger partial charge in [-0.2, -0.15) is 0 Å². The SMILES string of the molecule is CCCCN.COC(Cc1ccc(O)cc1)C(=O)O. The number of nitrogens with two attached hydrogens (primary N) is 1. The number of hydrogen-bond acceptors (Lipinski definition) is 4. The van der Waals surface area contributed by atoms with E-state index < -0.39 is 12.1 Å². The van der Waals surface area contributed by atoms with E-state index in [1.807, 2.05) is 0 Å². The number of aromatic hydroxyl groups is 1. The molecular weight excluding hydrogens is 246 g/mol. The van der Waals surface area contributed by atoms with Gasteiger partial charge in [-0.3, -0.25) is 0 Å². The van der Waals surface area contributed by atoms with Gasteiger partial charge in [0.2, 0.25) is 0 Å². The van der Waals surface area contributed by atoms with Gasteiger partial charge in [-0.05, 0) is 30.7 Å². The normalized spacial score (nSPS) is 11.3. The highest BCUT2D eigenvalue weighted by molar-refractivity contribution is 5.72. The van der Waals surface area contributed by atoms with Crippen molar-refractivity contribution in [2.75, 3.05) is 13.7 Å². The average molecular weight is 269 g/mol. The molecule has 1 unspecified atom stereocenters. The minimum Gasteiger partial charge on any atom is -0.508 e. The third kappa shape index (κ3) is 8.18. The summed E-state index contributed by atoms with van der Waals surface area (Å²) in [5, 5.41) is 17.7. The summed E-state index contributed by atoms with van der Waals surface area (Å²) in [5.41, 5.74) is 5.96. The Hall–Kier alpha value is -1.59. The Labute approximate surface area is 114 Å². The summed E-state index contributed by atoms with van der Waals surface area (Å²) < 4.78 is 4.78. The molecule has 0 amide bonds. The molecule has 4 N–H and O–H groups in total. The number of ether oxygens (including phenoxy) is 1. The second-order valence-corrected chi connectivity index (χ2v) is 4.08. The predicted molar refractivity (Wildman–Crippen MR) is 74.2 cm³/mol. The molecule has 1 atom stereocenters. The van der Waals surface area contributed by atoms with Gasteiger partial charge in [0.15, 0.2) is 6.10 Å². The molecule has 1 aromatic rings. The van der Waals surface area contributed by atoms with Crippen molar-refractivity contribution in [3.05, 3.63) is 29.8 Å². The molecule has 0 heterocycles. The predicted octanol–water partition coefficient (Wildman–Crippen LogP) is 1.78. The van der Waals surface area contributed by atoms with Crippen LogP contribution < -0.4 is 5.73 Å². The lowest BCUT2D eigenvalue weighted by Gasteiger charge is -2.09. The Bertz CT molecular complexity index is 349. The van der Waals surface area contributed by atoms with Crippen molar-refractivity contribution in [3.63, 3.8) is 0 Å². The monoisotopic (exact) mass is 269 g/mol. The molecule has 0 aromatic heterocycles. The zero-order valence-corrected chi connectivity index (χ0v) is 11.5. The van der Waals surface area contributed by atoms with Gasteiger partial charge in [0.05, 0.1) is 0 Å². The third-order valence-corrected chi connectivity index (χ3v) is 2.48. The van der Waals surface area contributed by atoms with Crippen molar-refractivity contribution in [2.45, 2.75) is 32.3 Å². The first kappa shape index (κ1) is 17.4. The second kappa shape index (κ2) is 10.3. The van der Waals surface area contributed by atoms with Gasteiger partial charge in [0, 0.05) is 13.5 Å². The number of carbonyl (C=O) groups is 1. The largest absolute Gasteiger partial charge is 0.508 e. The molecule has 0 aliphatic rings. The van der Waals surface area contributed by atoms with Crippen molar-refractivity contribution < 1.29 is 19.7 Å². The standard InChI is InChI=1S/C10H12O4.C4H11N/c1-14-9(10(12)13)6-7-2-4-8(11)5-3-7;1-2-3-4-5/h2-5,9,11H,6H2,1H3,(H,12,13);2-5H2,1H3. The lowest BCUT2D eigenvalue weighted by atomic mass is 10.1. The van der Waals surface area contributed by atoms with E-state index in [9.17, 15) is 4.79 Å². The van der Waals surface area contributed by atoms with Crippen molar-refractivity contribution in [3.8, 4) is 5.75 Å². The van der Waals surface area contributed by atoms with E-state index >= 15 is 0 Å². The lowest BCUT2D eigenvalue weighted by Crippen LogP contribution is -2.24. The smallest absolute Gasteiger partial charge is 0.333 e. The molecule has 1 rings (SSSR count). The van der Waals surface area contributed by atoms with Crippen LogP contribution >= 0.6 is 0 Å². The van der Waals surface area contributed by atoms with Crippen LogP contribution in [0, 0.1) is 0 Å². The molecule has 5 heteroatoms. The number of carboxylic acids is 1. The van der Waals surface area contributed by atoms with E-state index in [2.05, 4.69) is 6.92 Å². The molecule has 0 saturated heterocycles. The quantitative estimate of drug-likeness (QED) is 0.732. The van der Waals surface area contributed by atoms with Crippen LogP contribution in [-0.4, -0.2) is 35.9 Å². The zero-order valence-electron chi connectivity index (χ0n) is 11.5. The van der Waals surface area contributed by atoms with Crippen molar-refractivity contribution >= 4 is 5.97 Å². The topological polar surface area (TPSA) is 92.8 Å². The van der Waals surface area contributed by atoms with Crippen molar-refractivity contribution in [2.24, 2.45) is 5.73 Å². The molecule has 19 heavy (non-hydrogen) atoms. The van der Waals surface area contributed by atoms with Crippen LogP contribution in [0.3, 0.4) is 0 Å². The summed E-state index contributed by atoms with van der Waals surface area (Å²) in [7, 11) is 1.36. The van der Waals surface area contributed by atoms with Crippen LogP contribution in [0.2, 0.25) is 0 Å². The first-order valence-corrected chi connectivity index (χ1v) is 6.28. The van der Waals surface area contributed by atoms with E-state index in [1.165, 1.54) is 32.1 Å². The third-order valence-electron chi connectivity index (χ3n) is 2.48. The number of aliphatic carboxylic acids is 1. The van der Waals surface area contributed by atoms with Crippen LogP contribution in [0.5, 0.6) is 5.75 Å². The van der Waals surface area contributed by atoms with E-state index in [0.717, 1.165) is 12.1 Å². The van der Waals surface area contributed by atoms with Crippen LogP contribution in [0.1, 0.15) is 25.3 Å². The van der Waals surface area contributed by atoms with Gasteiger partial charge < -0.3 is 20.7 Å². The molecule has 0 radical (unpaired) electrons. The Morgan fingerprint density at radius 3 is 2.26 bits per heavy atom. The number of phenolic OH excluding ortho intramolecular Hbond substituents is 1. The zero-order chi connectivity index (χ0) is 14.7. The van der Waals surface area contributed by atoms with Gasteiger partial charge >= 0.3 is 5.97 Å². The summed E-state index contributed by atoms with van der Waals surface area (Å²) in [4.78, 5) is 10.6. The maximum atomic E-state index is 10.6. The van der Waals surface area contributed by atoms with Crippen molar-refractivity contribution in [1.29, 1.82) is 0 Å². The maximum Gasteiger partial charge on any atom is 0.333 e. The summed E-state index contributed by atoms with van der Waals surface area (Å²) in [6, 6.07) is 6.38. The Morgan fingerprint density at radius 1 is 1.37 bits per heavy atom. The van der Waals surface area contributed by atoms with E-state index in [0.29, 0.717) is 6.42 Å². The molecule has 1 aromatic carbocycles. The Morgan fingerprint density at radius 2 is 1.95 bits per heavy atom. The summed E-state index contributed by atoms with van der Waals surface area (Å²) in [5.74, 6) is -0.821. The number of hydrogen-bond donors (Lipinski definition) is 3. The molecule has 0 aliphatic carbocycles. The molecule has 0 bridgehead atoms. The highest BCUT2D eigenvalue weighted by Crippen LogP contribution is 2.12. The first-order valence-electron chi connectivity index (χ1n) is 6.28. The van der Waals surface area contributed by atoms with Crippen LogP contribution in [0.15, 0.2) is 24.3 Å². The number of benzene rings is 1. The molecule has 5 nitrogen and oxygen atoms in total. The first-order chi connectivity index (χ1) is 9.04. The molecule has 0 spiro atoms. The Kier molecular flexibility index (Phi) is 9.48. The van der Waals surface area contributed by atoms with Gasteiger partial charge in [-0.15, -0.1) is 0 Å². The number of rotatable bonds is 6. The minimum atomic E-state index is -0.986. The van der Waals surface area contributed by atoms with Crippen LogP contribution in [-0.2, 0) is 16.0 Å². The summed E-state index contributed by atoms with van der Waals surface area (Å²) >= 11 is 0. The number of phenols is 1. The highest BCUT2D eigenvalue weighted by Gasteiger charge is 2.16. The van der Waals surface area contributed by atoms with E-state index in [1.54, 1.807) is 12.1 Å². The molecule has 0 fully saturated rings. The van der Waals surface area contributed by atoms with Gasteiger partial charge in [0.25, 0.3) is 0 Å². The Balaban J connectivity index is 0.000000555. The molecule has 0 saturated carbocycles. The van der Waals surface area contributed by atoms with Gasteiger partial charge in [0.1, 0.15) is 5.75 Å². The minimum absolute atomic E-state index is 0.165. The second-order valence-electron chi connectivity index (χ2n) is 4.08. The average Bonchev–Trinajstić information content (AvgIpc) is 2.39. The van der Waals surface area contributed by atoms with E-state index in [4.69, 9.17) is 20.7 Å². The highest BCUT2D eigenvalue weighted by atomic mass is 16.5. The van der Waals surface area contributed by atoms with Gasteiger partial charge in [-0.25, -0.2) is 4.79 Å². The number of carboxylic acid groups (broad SMARTS) is 1. The molecule has 0 aliphatic heterocycles. The maximum absolute atomic E-state index is 10.6. The molecule has 108 valence electrons. The van der Waals surface area contributed by atoms with Crippen molar-refractivity contribution in [1.82, 2.24) is 0 Å².